The maximum atomic E-state index is 12.4. The molecular formula is C28H38N2O4S. The molecule has 3 saturated carbocycles. The second-order valence-corrected chi connectivity index (χ2v) is 12.7. The summed E-state index contributed by atoms with van der Waals surface area (Å²) in [6, 6.07) is 3.97. The number of aliphatic hydroxyl groups is 1. The summed E-state index contributed by atoms with van der Waals surface area (Å²) in [6.45, 7) is 6.61. The molecule has 190 valence electrons. The molecule has 6 atom stereocenters. The third-order valence-electron chi connectivity index (χ3n) is 10.1. The number of hydrogen-bond acceptors (Lipinski definition) is 6. The summed E-state index contributed by atoms with van der Waals surface area (Å²) in [7, 11) is 0. The Labute approximate surface area is 212 Å². The van der Waals surface area contributed by atoms with Crippen LogP contribution in [0, 0.1) is 28.6 Å². The van der Waals surface area contributed by atoms with E-state index in [1.54, 1.807) is 18.3 Å². The van der Waals surface area contributed by atoms with Crippen LogP contribution in [0.5, 0.6) is 0 Å². The number of oxime groups is 1. The maximum Gasteiger partial charge on any atom is 0.261 e. The van der Waals surface area contributed by atoms with Crippen LogP contribution in [0.4, 0.5) is 0 Å². The fraction of sp³-hybridized carbons (Fsp3) is 0.679. The number of amides is 1. The largest absolute Gasteiger partial charge is 0.385 e. The zero-order valence-electron chi connectivity index (χ0n) is 21.1. The lowest BCUT2D eigenvalue weighted by Gasteiger charge is -2.59. The van der Waals surface area contributed by atoms with Gasteiger partial charge in [-0.15, -0.1) is 11.3 Å². The summed E-state index contributed by atoms with van der Waals surface area (Å²) < 4.78 is 0. The van der Waals surface area contributed by atoms with Crippen molar-refractivity contribution in [3.63, 3.8) is 0 Å². The van der Waals surface area contributed by atoms with Gasteiger partial charge in [0.25, 0.3) is 5.91 Å². The van der Waals surface area contributed by atoms with Crippen LogP contribution in [0.3, 0.4) is 0 Å². The molecule has 1 aromatic heterocycles. The number of nitrogens with one attached hydrogen (secondary N) is 1. The molecule has 4 aliphatic carbocycles. The van der Waals surface area contributed by atoms with Gasteiger partial charge >= 0.3 is 0 Å². The number of ketones is 1. The summed E-state index contributed by atoms with van der Waals surface area (Å²) in [5.74, 6) is 1.34. The van der Waals surface area contributed by atoms with E-state index in [2.05, 4.69) is 30.4 Å². The van der Waals surface area contributed by atoms with Gasteiger partial charge in [-0.3, -0.25) is 9.59 Å². The van der Waals surface area contributed by atoms with Crippen LogP contribution >= 0.6 is 11.3 Å². The van der Waals surface area contributed by atoms with Crippen molar-refractivity contribution in [1.29, 1.82) is 0 Å². The summed E-state index contributed by atoms with van der Waals surface area (Å²) >= 11 is 1.62. The number of allylic oxidation sites excluding steroid dienone is 2. The molecule has 1 heterocycles. The molecule has 5 rings (SSSR count). The van der Waals surface area contributed by atoms with Crippen LogP contribution in [0.2, 0.25) is 0 Å². The molecule has 1 amide bonds. The summed E-state index contributed by atoms with van der Waals surface area (Å²) in [4.78, 5) is 31.0. The Bertz CT molecular complexity index is 1050. The van der Waals surface area contributed by atoms with E-state index < -0.39 is 5.60 Å². The molecule has 0 aliphatic heterocycles. The summed E-state index contributed by atoms with van der Waals surface area (Å²) in [6.07, 6.45) is 9.79. The topological polar surface area (TPSA) is 88.0 Å². The van der Waals surface area contributed by atoms with E-state index in [4.69, 9.17) is 4.84 Å². The molecule has 2 N–H and O–H groups in total. The van der Waals surface area contributed by atoms with Crippen molar-refractivity contribution in [2.24, 2.45) is 33.7 Å². The average Bonchev–Trinajstić information content (AvgIpc) is 3.44. The Kier molecular flexibility index (Phi) is 6.45. The minimum atomic E-state index is -1.15. The number of rotatable bonds is 6. The molecule has 0 spiro atoms. The number of fused-ring (bicyclic) bond motifs is 5. The first-order valence-electron chi connectivity index (χ1n) is 13.1. The highest BCUT2D eigenvalue weighted by Crippen LogP contribution is 2.67. The molecule has 6 nitrogen and oxygen atoms in total. The van der Waals surface area contributed by atoms with Crippen molar-refractivity contribution >= 4 is 28.7 Å². The third-order valence-corrected chi connectivity index (χ3v) is 11.0. The van der Waals surface area contributed by atoms with Gasteiger partial charge in [-0.05, 0) is 99.0 Å². The molecule has 0 unspecified atom stereocenters. The number of Topliss-reactive ketones (excluding diaryl/α,β-unsaturated/α-hetero) is 1. The van der Waals surface area contributed by atoms with Gasteiger partial charge in [-0.2, -0.15) is 0 Å². The van der Waals surface area contributed by atoms with E-state index >= 15 is 0 Å². The van der Waals surface area contributed by atoms with Crippen molar-refractivity contribution in [2.75, 3.05) is 6.61 Å². The van der Waals surface area contributed by atoms with Crippen LogP contribution in [0.25, 0.3) is 0 Å². The highest BCUT2D eigenvalue weighted by atomic mass is 32.1. The molecule has 0 radical (unpaired) electrons. The number of thiophene rings is 1. The molecule has 0 bridgehead atoms. The Hall–Kier alpha value is -1.99. The lowest BCUT2D eigenvalue weighted by atomic mass is 9.46. The first-order valence-corrected chi connectivity index (χ1v) is 14.0. The van der Waals surface area contributed by atoms with Crippen LogP contribution in [-0.4, -0.2) is 34.7 Å². The van der Waals surface area contributed by atoms with Gasteiger partial charge in [0.1, 0.15) is 5.60 Å². The molecule has 7 heteroatoms. The number of carbonyl (C=O) groups is 2. The van der Waals surface area contributed by atoms with Gasteiger partial charge in [0, 0.05) is 10.3 Å². The predicted octanol–water partition coefficient (Wildman–Crippen LogP) is 5.02. The van der Waals surface area contributed by atoms with Gasteiger partial charge in [-0.1, -0.05) is 30.6 Å². The average molecular weight is 499 g/mol. The van der Waals surface area contributed by atoms with E-state index in [9.17, 15) is 14.7 Å². The van der Waals surface area contributed by atoms with Crippen molar-refractivity contribution in [1.82, 2.24) is 5.32 Å². The first-order chi connectivity index (χ1) is 16.7. The SMILES string of the molecule is CC(=O)[C@@]1(O)CC[C@H]2[C@@H]3CCC4=C/C(=N/OCC(=O)NCc5cccs5)CC[C@]4(C)[C@H]3CC[C@@]21C. The highest BCUT2D eigenvalue weighted by Gasteiger charge is 2.65. The van der Waals surface area contributed by atoms with Crippen LogP contribution in [0.1, 0.15) is 77.0 Å². The quantitative estimate of drug-likeness (QED) is 0.539. The Morgan fingerprint density at radius 2 is 1.97 bits per heavy atom. The van der Waals surface area contributed by atoms with Gasteiger partial charge in [0.2, 0.25) is 0 Å². The summed E-state index contributed by atoms with van der Waals surface area (Å²) in [5.41, 5.74) is 1.07. The van der Waals surface area contributed by atoms with E-state index in [1.165, 1.54) is 5.57 Å². The maximum absolute atomic E-state index is 12.4. The number of carbonyl (C=O) groups excluding carboxylic acids is 2. The third kappa shape index (κ3) is 4.08. The standard InChI is InChI=1S/C28H38N2O4S/c1-18(31)28(33)13-10-24-22-7-6-19-15-20(8-11-26(19,2)23(22)9-12-27(24,28)3)30-34-17-25(32)29-16-21-5-4-14-35-21/h4-5,14-15,22-24,33H,6-13,16-17H2,1-3H3,(H,29,32)/b30-20+/t22-,23+,24+,26+,27+,28+/m1/s1. The molecule has 4 aliphatic rings. The van der Waals surface area contributed by atoms with Gasteiger partial charge in [0.15, 0.2) is 12.4 Å². The molecule has 0 aromatic carbocycles. The lowest BCUT2D eigenvalue weighted by Crippen LogP contribution is -2.57. The van der Waals surface area contributed by atoms with E-state index in [0.717, 1.165) is 55.5 Å². The predicted molar refractivity (Wildman–Crippen MR) is 137 cm³/mol. The van der Waals surface area contributed by atoms with Crippen LogP contribution < -0.4 is 5.32 Å². The summed E-state index contributed by atoms with van der Waals surface area (Å²) in [5, 5.41) is 20.5. The number of hydrogen-bond donors (Lipinski definition) is 2. The van der Waals surface area contributed by atoms with Crippen molar-refractivity contribution in [2.45, 2.75) is 84.3 Å². The van der Waals surface area contributed by atoms with Crippen LogP contribution in [0.15, 0.2) is 34.3 Å². The molecule has 35 heavy (non-hydrogen) atoms. The fourth-order valence-electron chi connectivity index (χ4n) is 8.06. The molecule has 1 aromatic rings. The Morgan fingerprint density at radius 1 is 1.17 bits per heavy atom. The van der Waals surface area contributed by atoms with Crippen molar-refractivity contribution in [3.8, 4) is 0 Å². The zero-order valence-corrected chi connectivity index (χ0v) is 22.0. The minimum absolute atomic E-state index is 0.0534. The van der Waals surface area contributed by atoms with Crippen LogP contribution in [-0.2, 0) is 21.0 Å². The minimum Gasteiger partial charge on any atom is -0.385 e. The van der Waals surface area contributed by atoms with E-state index in [0.29, 0.717) is 30.7 Å². The monoisotopic (exact) mass is 498 g/mol. The van der Waals surface area contributed by atoms with Crippen molar-refractivity contribution in [3.05, 3.63) is 34.0 Å². The smallest absolute Gasteiger partial charge is 0.261 e. The van der Waals surface area contributed by atoms with E-state index in [1.807, 2.05) is 17.5 Å². The Balaban J connectivity index is 1.23. The van der Waals surface area contributed by atoms with Gasteiger partial charge in [-0.25, -0.2) is 0 Å². The Morgan fingerprint density at radius 3 is 2.71 bits per heavy atom. The first kappa shape index (κ1) is 24.7. The molecular weight excluding hydrogens is 460 g/mol. The lowest BCUT2D eigenvalue weighted by molar-refractivity contribution is -0.159. The number of nitrogens with zero attached hydrogens (tertiary/aromatic N) is 1. The van der Waals surface area contributed by atoms with Gasteiger partial charge < -0.3 is 15.3 Å². The second kappa shape index (κ2) is 9.15. The fourth-order valence-corrected chi connectivity index (χ4v) is 8.71. The highest BCUT2D eigenvalue weighted by molar-refractivity contribution is 7.09. The molecule has 0 saturated heterocycles. The molecule has 3 fully saturated rings. The zero-order chi connectivity index (χ0) is 24.8. The normalized spacial score (nSPS) is 39.3. The van der Waals surface area contributed by atoms with Gasteiger partial charge in [0.05, 0.1) is 12.3 Å². The van der Waals surface area contributed by atoms with E-state index in [-0.39, 0.29) is 29.1 Å². The van der Waals surface area contributed by atoms with Crippen molar-refractivity contribution < 1.29 is 19.5 Å². The second-order valence-electron chi connectivity index (χ2n) is 11.6.